The van der Waals surface area contributed by atoms with Gasteiger partial charge in [-0.15, -0.1) is 0 Å². The molecule has 1 aromatic carbocycles. The number of nitrogens with one attached hydrogen (secondary N) is 3. The molecule has 2 fully saturated rings. The SMILES string of the molecule is Cc1cc2c(F)c(Oc3cc(Nc4cc(C5CCC5)[nH]n4)nc(N4CCN(C)CC4)n3)c(F)cc2[nH]1. The van der Waals surface area contributed by atoms with Crippen LogP contribution in [0.2, 0.25) is 0 Å². The predicted molar refractivity (Wildman–Crippen MR) is 133 cm³/mol. The summed E-state index contributed by atoms with van der Waals surface area (Å²) in [7, 11) is 2.06. The minimum atomic E-state index is -0.812. The topological polar surface area (TPSA) is 98.0 Å². The number of anilines is 3. The highest BCUT2D eigenvalue weighted by molar-refractivity contribution is 5.83. The van der Waals surface area contributed by atoms with Crippen LogP contribution in [0.3, 0.4) is 0 Å². The Kier molecular flexibility index (Phi) is 5.71. The maximum absolute atomic E-state index is 15.2. The third kappa shape index (κ3) is 4.34. The molecule has 188 valence electrons. The van der Waals surface area contributed by atoms with E-state index in [-0.39, 0.29) is 11.3 Å². The molecule has 0 amide bonds. The number of ether oxygens (including phenoxy) is 1. The van der Waals surface area contributed by atoms with E-state index in [2.05, 4.69) is 42.4 Å². The molecule has 1 saturated carbocycles. The van der Waals surface area contributed by atoms with E-state index in [1.54, 1.807) is 13.0 Å². The van der Waals surface area contributed by atoms with Crippen molar-refractivity contribution in [1.82, 2.24) is 30.0 Å². The average Bonchev–Trinajstić information content (AvgIpc) is 3.41. The summed E-state index contributed by atoms with van der Waals surface area (Å²) in [6.07, 6.45) is 3.54. The fourth-order valence-corrected chi connectivity index (χ4v) is 4.66. The van der Waals surface area contributed by atoms with Crippen LogP contribution in [0.5, 0.6) is 11.6 Å². The van der Waals surface area contributed by atoms with Gasteiger partial charge in [-0.1, -0.05) is 6.42 Å². The van der Waals surface area contributed by atoms with E-state index in [1.807, 2.05) is 11.0 Å². The van der Waals surface area contributed by atoms with Gasteiger partial charge in [-0.2, -0.15) is 15.1 Å². The van der Waals surface area contributed by atoms with Gasteiger partial charge in [0.2, 0.25) is 17.6 Å². The zero-order valence-electron chi connectivity index (χ0n) is 20.2. The maximum atomic E-state index is 15.2. The number of H-pyrrole nitrogens is 2. The van der Waals surface area contributed by atoms with Crippen LogP contribution in [0, 0.1) is 18.6 Å². The molecule has 3 aromatic heterocycles. The first-order chi connectivity index (χ1) is 17.4. The van der Waals surface area contributed by atoms with Crippen LogP contribution in [0.15, 0.2) is 24.3 Å². The van der Waals surface area contributed by atoms with Crippen molar-refractivity contribution in [2.75, 3.05) is 43.4 Å². The first-order valence-electron chi connectivity index (χ1n) is 12.2. The van der Waals surface area contributed by atoms with Crippen LogP contribution in [-0.4, -0.2) is 63.3 Å². The molecule has 0 radical (unpaired) electrons. The van der Waals surface area contributed by atoms with Crippen molar-refractivity contribution in [3.63, 3.8) is 0 Å². The Morgan fingerprint density at radius 2 is 1.83 bits per heavy atom. The van der Waals surface area contributed by atoms with Crippen LogP contribution in [0.25, 0.3) is 10.9 Å². The highest BCUT2D eigenvalue weighted by Gasteiger charge is 2.23. The van der Waals surface area contributed by atoms with Gasteiger partial charge in [0.25, 0.3) is 0 Å². The Hall–Kier alpha value is -3.73. The lowest BCUT2D eigenvalue weighted by atomic mass is 9.83. The van der Waals surface area contributed by atoms with Crippen molar-refractivity contribution < 1.29 is 13.5 Å². The third-order valence-electron chi connectivity index (χ3n) is 6.99. The van der Waals surface area contributed by atoms with Crippen molar-refractivity contribution in [2.45, 2.75) is 32.1 Å². The van der Waals surface area contributed by atoms with Gasteiger partial charge in [0.1, 0.15) is 5.82 Å². The first kappa shape index (κ1) is 22.7. The van der Waals surface area contributed by atoms with E-state index in [0.717, 1.165) is 50.4 Å². The van der Waals surface area contributed by atoms with Crippen LogP contribution in [-0.2, 0) is 0 Å². The van der Waals surface area contributed by atoms with E-state index < -0.39 is 17.4 Å². The third-order valence-corrected chi connectivity index (χ3v) is 6.99. The normalized spacial score (nSPS) is 16.9. The number of rotatable bonds is 6. The van der Waals surface area contributed by atoms with Crippen molar-refractivity contribution >= 4 is 28.5 Å². The second kappa shape index (κ2) is 9.05. The molecule has 3 N–H and O–H groups in total. The standard InChI is InChI=1S/C25H28F2N8O/c1-14-10-16-19(28-14)11-17(26)24(23(16)27)36-22-13-20(29-21-12-18(32-33-21)15-4-3-5-15)30-25(31-22)35-8-6-34(2)7-9-35/h10-13,15,28H,3-9H2,1-2H3,(H2,29,30,31,32,33). The van der Waals surface area contributed by atoms with Gasteiger partial charge in [0.05, 0.1) is 5.52 Å². The van der Waals surface area contributed by atoms with Crippen molar-refractivity contribution in [3.05, 3.63) is 47.3 Å². The molecule has 0 unspecified atom stereocenters. The molecule has 4 heterocycles. The Bertz CT molecular complexity index is 1400. The van der Waals surface area contributed by atoms with Gasteiger partial charge in [-0.3, -0.25) is 5.10 Å². The summed E-state index contributed by atoms with van der Waals surface area (Å²) in [5, 5.41) is 10.9. The Morgan fingerprint density at radius 1 is 1.03 bits per heavy atom. The molecule has 2 aliphatic rings. The fraction of sp³-hybridized carbons (Fsp3) is 0.400. The van der Waals surface area contributed by atoms with Crippen molar-refractivity contribution in [1.29, 1.82) is 0 Å². The molecule has 36 heavy (non-hydrogen) atoms. The average molecular weight is 495 g/mol. The fourth-order valence-electron chi connectivity index (χ4n) is 4.66. The molecular weight excluding hydrogens is 466 g/mol. The molecule has 0 spiro atoms. The lowest BCUT2D eigenvalue weighted by Crippen LogP contribution is -2.45. The van der Waals surface area contributed by atoms with Gasteiger partial charge in [-0.05, 0) is 32.9 Å². The smallest absolute Gasteiger partial charge is 0.230 e. The lowest BCUT2D eigenvalue weighted by molar-refractivity contribution is 0.310. The Balaban J connectivity index is 1.34. The van der Waals surface area contributed by atoms with Crippen LogP contribution in [0.1, 0.15) is 36.6 Å². The number of hydrogen-bond acceptors (Lipinski definition) is 7. The van der Waals surface area contributed by atoms with E-state index in [9.17, 15) is 4.39 Å². The largest absolute Gasteiger partial charge is 0.433 e. The second-order valence-electron chi connectivity index (χ2n) is 9.66. The summed E-state index contributed by atoms with van der Waals surface area (Å²) in [6.45, 7) is 4.95. The molecule has 6 rings (SSSR count). The molecule has 1 aliphatic carbocycles. The van der Waals surface area contributed by atoms with Crippen molar-refractivity contribution in [2.24, 2.45) is 0 Å². The number of likely N-dealkylation sites (N-methyl/N-ethyl adjacent to an activating group) is 1. The van der Waals surface area contributed by atoms with Crippen LogP contribution >= 0.6 is 0 Å². The molecule has 4 aromatic rings. The quantitative estimate of drug-likeness (QED) is 0.353. The molecule has 0 atom stereocenters. The van der Waals surface area contributed by atoms with Crippen LogP contribution < -0.4 is 15.0 Å². The lowest BCUT2D eigenvalue weighted by Gasteiger charge is -2.32. The van der Waals surface area contributed by atoms with Crippen LogP contribution in [0.4, 0.5) is 26.4 Å². The number of aromatic amines is 2. The minimum absolute atomic E-state index is 0.0422. The van der Waals surface area contributed by atoms with Gasteiger partial charge in [-0.25, -0.2) is 8.78 Å². The number of aromatic nitrogens is 5. The van der Waals surface area contributed by atoms with Gasteiger partial charge in [0, 0.05) is 67.1 Å². The highest BCUT2D eigenvalue weighted by atomic mass is 19.1. The molecule has 1 aliphatic heterocycles. The molecule has 1 saturated heterocycles. The number of halogens is 2. The number of aryl methyl sites for hydroxylation is 1. The molecular formula is C25H28F2N8O. The number of piperazine rings is 1. The second-order valence-corrected chi connectivity index (χ2v) is 9.66. The predicted octanol–water partition coefficient (Wildman–Crippen LogP) is 4.82. The highest BCUT2D eigenvalue weighted by Crippen LogP contribution is 2.37. The number of benzene rings is 1. The zero-order chi connectivity index (χ0) is 24.8. The summed E-state index contributed by atoms with van der Waals surface area (Å²) in [6, 6.07) is 6.36. The molecule has 9 nitrogen and oxygen atoms in total. The van der Waals surface area contributed by atoms with Gasteiger partial charge >= 0.3 is 0 Å². The monoisotopic (exact) mass is 494 g/mol. The Labute approximate surface area is 206 Å². The number of fused-ring (bicyclic) bond motifs is 1. The number of nitrogens with zero attached hydrogens (tertiary/aromatic N) is 5. The molecule has 0 bridgehead atoms. The maximum Gasteiger partial charge on any atom is 0.230 e. The van der Waals surface area contributed by atoms with Gasteiger partial charge in [0.15, 0.2) is 17.5 Å². The minimum Gasteiger partial charge on any atom is -0.433 e. The summed E-state index contributed by atoms with van der Waals surface area (Å²) in [5.74, 6) is -0.0569. The van der Waals surface area contributed by atoms with Gasteiger partial charge < -0.3 is 24.8 Å². The first-order valence-corrected chi connectivity index (χ1v) is 12.2. The summed E-state index contributed by atoms with van der Waals surface area (Å²) in [5.41, 5.74) is 2.19. The van der Waals surface area contributed by atoms with E-state index in [0.29, 0.717) is 29.0 Å². The zero-order valence-corrected chi connectivity index (χ0v) is 20.2. The Morgan fingerprint density at radius 3 is 2.58 bits per heavy atom. The summed E-state index contributed by atoms with van der Waals surface area (Å²) in [4.78, 5) is 16.4. The van der Waals surface area contributed by atoms with E-state index in [1.165, 1.54) is 18.6 Å². The van der Waals surface area contributed by atoms with E-state index >= 15 is 4.39 Å². The van der Waals surface area contributed by atoms with Crippen molar-refractivity contribution in [3.8, 4) is 11.6 Å². The summed E-state index contributed by atoms with van der Waals surface area (Å²) < 4.78 is 35.8. The summed E-state index contributed by atoms with van der Waals surface area (Å²) >= 11 is 0. The number of hydrogen-bond donors (Lipinski definition) is 3. The molecule has 11 heteroatoms. The van der Waals surface area contributed by atoms with E-state index in [4.69, 9.17) is 4.74 Å².